The molecule has 3 rings (SSSR count). The van der Waals surface area contributed by atoms with Crippen molar-refractivity contribution in [3.63, 3.8) is 0 Å². The fraction of sp³-hybridized carbons (Fsp3) is 0.333. The minimum Gasteiger partial charge on any atom is -0.396 e. The monoisotopic (exact) mass is 335 g/mol. The number of oxime groups is 1. The van der Waals surface area contributed by atoms with Crippen molar-refractivity contribution in [3.05, 3.63) is 66.7 Å². The van der Waals surface area contributed by atoms with Crippen LogP contribution in [0.25, 0.3) is 10.8 Å². The molecule has 0 amide bonds. The van der Waals surface area contributed by atoms with E-state index in [2.05, 4.69) is 59.5 Å². The van der Waals surface area contributed by atoms with E-state index in [-0.39, 0.29) is 0 Å². The number of nitrogens with zero attached hydrogens (tertiary/aromatic N) is 3. The van der Waals surface area contributed by atoms with Crippen LogP contribution in [0.2, 0.25) is 0 Å². The zero-order valence-corrected chi connectivity index (χ0v) is 14.8. The van der Waals surface area contributed by atoms with Crippen LogP contribution < -0.4 is 0 Å². The van der Waals surface area contributed by atoms with Gasteiger partial charge in [-0.15, -0.1) is 0 Å². The summed E-state index contributed by atoms with van der Waals surface area (Å²) in [4.78, 5) is 9.73. The van der Waals surface area contributed by atoms with Gasteiger partial charge < -0.3 is 9.40 Å². The molecule has 0 fully saturated rings. The molecule has 0 unspecified atom stereocenters. The number of benzene rings is 2. The number of unbranched alkanes of at least 4 members (excludes halogenated alkanes) is 3. The Labute approximate surface area is 149 Å². The van der Waals surface area contributed by atoms with E-state index in [0.29, 0.717) is 13.2 Å². The van der Waals surface area contributed by atoms with E-state index in [4.69, 9.17) is 4.84 Å². The van der Waals surface area contributed by atoms with Crippen molar-refractivity contribution >= 4 is 16.5 Å². The number of imidazole rings is 1. The summed E-state index contributed by atoms with van der Waals surface area (Å²) in [6, 6.07) is 14.8. The highest BCUT2D eigenvalue weighted by Gasteiger charge is 2.07. The molecule has 0 aliphatic carbocycles. The Bertz CT molecular complexity index is 809. The van der Waals surface area contributed by atoms with E-state index in [1.807, 2.05) is 10.8 Å². The van der Waals surface area contributed by atoms with Crippen LogP contribution in [-0.2, 0) is 11.4 Å². The van der Waals surface area contributed by atoms with Crippen molar-refractivity contribution in [2.24, 2.45) is 5.16 Å². The normalized spacial score (nSPS) is 11.8. The lowest BCUT2D eigenvalue weighted by atomic mass is 10.0. The maximum absolute atomic E-state index is 5.61. The second kappa shape index (κ2) is 9.02. The van der Waals surface area contributed by atoms with Gasteiger partial charge in [0.25, 0.3) is 0 Å². The lowest BCUT2D eigenvalue weighted by Gasteiger charge is -2.09. The fourth-order valence-electron chi connectivity index (χ4n) is 2.81. The molecule has 0 saturated heterocycles. The average molecular weight is 335 g/mol. The van der Waals surface area contributed by atoms with Gasteiger partial charge in [-0.3, -0.25) is 0 Å². The van der Waals surface area contributed by atoms with Gasteiger partial charge in [-0.25, -0.2) is 4.98 Å². The first kappa shape index (κ1) is 17.2. The molecule has 0 N–H and O–H groups in total. The number of fused-ring (bicyclic) bond motifs is 1. The highest BCUT2D eigenvalue weighted by molar-refractivity contribution is 6.03. The largest absolute Gasteiger partial charge is 0.396 e. The fourth-order valence-corrected chi connectivity index (χ4v) is 2.81. The summed E-state index contributed by atoms with van der Waals surface area (Å²) in [6.45, 7) is 3.52. The Morgan fingerprint density at radius 3 is 2.76 bits per heavy atom. The van der Waals surface area contributed by atoms with Crippen LogP contribution in [0.4, 0.5) is 0 Å². The first-order valence-electron chi connectivity index (χ1n) is 9.00. The maximum Gasteiger partial charge on any atom is 0.117 e. The van der Waals surface area contributed by atoms with E-state index in [1.165, 1.54) is 30.0 Å². The lowest BCUT2D eigenvalue weighted by Crippen LogP contribution is -2.11. The second-order valence-electron chi connectivity index (χ2n) is 6.23. The van der Waals surface area contributed by atoms with E-state index >= 15 is 0 Å². The highest BCUT2D eigenvalue weighted by atomic mass is 16.6. The molecule has 3 aromatic rings. The second-order valence-corrected chi connectivity index (χ2v) is 6.23. The molecule has 0 bridgehead atoms. The summed E-state index contributed by atoms with van der Waals surface area (Å²) in [6.07, 6.45) is 10.2. The Kier molecular flexibility index (Phi) is 6.21. The van der Waals surface area contributed by atoms with E-state index in [0.717, 1.165) is 17.7 Å². The Hall–Kier alpha value is -2.62. The summed E-state index contributed by atoms with van der Waals surface area (Å²) in [5.41, 5.74) is 2.00. The zero-order valence-electron chi connectivity index (χ0n) is 14.8. The highest BCUT2D eigenvalue weighted by Crippen LogP contribution is 2.17. The summed E-state index contributed by atoms with van der Waals surface area (Å²) in [5.74, 6) is 0. The van der Waals surface area contributed by atoms with Crippen molar-refractivity contribution in [1.82, 2.24) is 9.55 Å². The van der Waals surface area contributed by atoms with Crippen LogP contribution >= 0.6 is 0 Å². The van der Waals surface area contributed by atoms with E-state index in [1.54, 1.807) is 12.5 Å². The molecular formula is C21H25N3O. The molecule has 0 atom stereocenters. The molecule has 2 aromatic carbocycles. The van der Waals surface area contributed by atoms with E-state index in [9.17, 15) is 0 Å². The molecule has 0 aliphatic rings. The Morgan fingerprint density at radius 2 is 1.96 bits per heavy atom. The molecule has 0 spiro atoms. The predicted molar refractivity (Wildman–Crippen MR) is 103 cm³/mol. The van der Waals surface area contributed by atoms with Gasteiger partial charge >= 0.3 is 0 Å². The number of hydrogen-bond acceptors (Lipinski definition) is 3. The van der Waals surface area contributed by atoms with Gasteiger partial charge in [0.2, 0.25) is 0 Å². The van der Waals surface area contributed by atoms with Gasteiger partial charge in [-0.05, 0) is 29.7 Å². The molecule has 0 saturated carbocycles. The molecule has 4 heteroatoms. The molecular weight excluding hydrogens is 310 g/mol. The third-order valence-corrected chi connectivity index (χ3v) is 4.24. The van der Waals surface area contributed by atoms with Crippen molar-refractivity contribution in [2.45, 2.75) is 39.2 Å². The van der Waals surface area contributed by atoms with Crippen LogP contribution in [0.5, 0.6) is 0 Å². The first-order chi connectivity index (χ1) is 12.4. The van der Waals surface area contributed by atoms with Crippen molar-refractivity contribution in [3.8, 4) is 0 Å². The summed E-state index contributed by atoms with van der Waals surface area (Å²) in [7, 11) is 0. The molecule has 1 heterocycles. The van der Waals surface area contributed by atoms with Crippen LogP contribution in [0.1, 0.15) is 38.2 Å². The Balaban J connectivity index is 1.76. The molecule has 0 aliphatic heterocycles. The van der Waals surface area contributed by atoms with Gasteiger partial charge in [-0.2, -0.15) is 0 Å². The quantitative estimate of drug-likeness (QED) is 0.312. The van der Waals surface area contributed by atoms with Crippen LogP contribution in [0, 0.1) is 0 Å². The van der Waals surface area contributed by atoms with Gasteiger partial charge in [0, 0.05) is 18.0 Å². The molecule has 130 valence electrons. The van der Waals surface area contributed by atoms with Gasteiger partial charge in [-0.1, -0.05) is 61.3 Å². The zero-order chi connectivity index (χ0) is 17.3. The first-order valence-corrected chi connectivity index (χ1v) is 9.00. The average Bonchev–Trinajstić information content (AvgIpc) is 3.16. The number of aromatic nitrogens is 2. The predicted octanol–water partition coefficient (Wildman–Crippen LogP) is 5.04. The molecule has 0 radical (unpaired) electrons. The summed E-state index contributed by atoms with van der Waals surface area (Å²) in [5, 5.41) is 6.88. The van der Waals surface area contributed by atoms with E-state index < -0.39 is 0 Å². The summed E-state index contributed by atoms with van der Waals surface area (Å²) >= 11 is 0. The maximum atomic E-state index is 5.61. The lowest BCUT2D eigenvalue weighted by molar-refractivity contribution is 0.139. The molecule has 1 aromatic heterocycles. The minimum atomic E-state index is 0.646. The SMILES string of the molecule is CCCCCCO/N=C(\Cn1ccnc1)c1ccc2ccccc2c1. The Morgan fingerprint density at radius 1 is 1.08 bits per heavy atom. The van der Waals surface area contributed by atoms with Crippen LogP contribution in [-0.4, -0.2) is 21.9 Å². The van der Waals surface area contributed by atoms with Crippen LogP contribution in [0.3, 0.4) is 0 Å². The summed E-state index contributed by atoms with van der Waals surface area (Å²) < 4.78 is 2.01. The number of rotatable bonds is 9. The van der Waals surface area contributed by atoms with Crippen molar-refractivity contribution < 1.29 is 4.84 Å². The minimum absolute atomic E-state index is 0.646. The smallest absolute Gasteiger partial charge is 0.117 e. The van der Waals surface area contributed by atoms with Gasteiger partial charge in [0.05, 0.1) is 12.9 Å². The molecule has 4 nitrogen and oxygen atoms in total. The third kappa shape index (κ3) is 4.92. The molecule has 25 heavy (non-hydrogen) atoms. The topological polar surface area (TPSA) is 39.4 Å². The third-order valence-electron chi connectivity index (χ3n) is 4.24. The van der Waals surface area contributed by atoms with Gasteiger partial charge in [0.1, 0.15) is 12.3 Å². The van der Waals surface area contributed by atoms with Gasteiger partial charge in [0.15, 0.2) is 0 Å². The standard InChI is InChI=1S/C21H25N3O/c1-2-3-4-7-14-25-23-21(16-24-13-12-22-17-24)20-11-10-18-8-5-6-9-19(18)15-20/h5-6,8-13,15,17H,2-4,7,14,16H2,1H3/b23-21+. The number of hydrogen-bond donors (Lipinski definition) is 0. The van der Waals surface area contributed by atoms with Crippen LogP contribution in [0.15, 0.2) is 66.3 Å². The van der Waals surface area contributed by atoms with Crippen molar-refractivity contribution in [2.75, 3.05) is 6.61 Å². The van der Waals surface area contributed by atoms with Crippen molar-refractivity contribution in [1.29, 1.82) is 0 Å².